The molecule has 1 aromatic heterocycles. The Kier molecular flexibility index (Phi) is 6.67. The lowest BCUT2D eigenvalue weighted by Crippen LogP contribution is -2.33. The van der Waals surface area contributed by atoms with Gasteiger partial charge in [0.2, 0.25) is 0 Å². The van der Waals surface area contributed by atoms with E-state index in [4.69, 9.17) is 9.84 Å². The van der Waals surface area contributed by atoms with Crippen molar-refractivity contribution in [3.8, 4) is 0 Å². The van der Waals surface area contributed by atoms with Gasteiger partial charge >= 0.3 is 5.69 Å². The standard InChI is InChI=1S/C14H24N2O4/c1-4-20-9-12-7-16(14(19)15-13(12)18)11(3)6-5-10(2)8-17/h7,10-11,17H,4-6,8-9H2,1-3H3,(H,15,18,19). The second-order valence-corrected chi connectivity index (χ2v) is 5.17. The third-order valence-corrected chi connectivity index (χ3v) is 3.37. The molecule has 0 aromatic carbocycles. The Labute approximate surface area is 118 Å². The van der Waals surface area contributed by atoms with Crippen LogP contribution in [0.5, 0.6) is 0 Å². The SMILES string of the molecule is CCOCc1cn(C(C)CCC(C)CO)c(=O)[nH]c1=O. The molecule has 114 valence electrons. The molecule has 2 atom stereocenters. The molecule has 0 aliphatic carbocycles. The lowest BCUT2D eigenvalue weighted by Gasteiger charge is -2.17. The molecule has 0 bridgehead atoms. The second-order valence-electron chi connectivity index (χ2n) is 5.17. The molecule has 6 nitrogen and oxygen atoms in total. The number of hydrogen-bond acceptors (Lipinski definition) is 4. The van der Waals surface area contributed by atoms with Gasteiger partial charge in [0, 0.05) is 25.5 Å². The number of hydrogen-bond donors (Lipinski definition) is 2. The molecule has 0 aliphatic rings. The molecule has 0 radical (unpaired) electrons. The fraction of sp³-hybridized carbons (Fsp3) is 0.714. The van der Waals surface area contributed by atoms with Gasteiger partial charge in [-0.05, 0) is 32.6 Å². The molecule has 2 unspecified atom stereocenters. The van der Waals surface area contributed by atoms with E-state index in [1.807, 2.05) is 20.8 Å². The minimum atomic E-state index is -0.403. The molecule has 1 heterocycles. The first-order valence-corrected chi connectivity index (χ1v) is 7.02. The smallest absolute Gasteiger partial charge is 0.328 e. The van der Waals surface area contributed by atoms with E-state index in [-0.39, 0.29) is 25.2 Å². The topological polar surface area (TPSA) is 84.3 Å². The number of aromatic nitrogens is 2. The number of aromatic amines is 1. The average molecular weight is 284 g/mol. The van der Waals surface area contributed by atoms with Gasteiger partial charge in [-0.3, -0.25) is 14.3 Å². The molecule has 0 spiro atoms. The number of aliphatic hydroxyl groups is 1. The summed E-state index contributed by atoms with van der Waals surface area (Å²) in [7, 11) is 0. The number of rotatable bonds is 8. The summed E-state index contributed by atoms with van der Waals surface area (Å²) in [5.41, 5.74) is -0.344. The summed E-state index contributed by atoms with van der Waals surface area (Å²) in [6.07, 6.45) is 3.16. The highest BCUT2D eigenvalue weighted by Gasteiger charge is 2.12. The van der Waals surface area contributed by atoms with Crippen molar-refractivity contribution < 1.29 is 9.84 Å². The first-order chi connectivity index (χ1) is 9.49. The average Bonchev–Trinajstić information content (AvgIpc) is 2.43. The number of nitrogens with zero attached hydrogens (tertiary/aromatic N) is 1. The van der Waals surface area contributed by atoms with Crippen LogP contribution in [-0.2, 0) is 11.3 Å². The molecule has 0 saturated heterocycles. The number of nitrogens with one attached hydrogen (secondary N) is 1. The first kappa shape index (κ1) is 16.7. The van der Waals surface area contributed by atoms with E-state index in [1.165, 1.54) is 4.57 Å². The van der Waals surface area contributed by atoms with E-state index in [0.29, 0.717) is 12.2 Å². The van der Waals surface area contributed by atoms with E-state index in [1.54, 1.807) is 6.20 Å². The Morgan fingerprint density at radius 2 is 2.05 bits per heavy atom. The molecule has 0 saturated carbocycles. The number of ether oxygens (including phenoxy) is 1. The van der Waals surface area contributed by atoms with Crippen molar-refractivity contribution in [3.63, 3.8) is 0 Å². The maximum atomic E-state index is 11.8. The van der Waals surface area contributed by atoms with Crippen molar-refractivity contribution in [2.75, 3.05) is 13.2 Å². The van der Waals surface area contributed by atoms with E-state index in [9.17, 15) is 9.59 Å². The maximum absolute atomic E-state index is 11.8. The molecular formula is C14H24N2O4. The summed E-state index contributed by atoms with van der Waals surface area (Å²) in [5, 5.41) is 9.02. The molecule has 0 amide bonds. The van der Waals surface area contributed by atoms with Gasteiger partial charge in [-0.1, -0.05) is 6.92 Å². The Morgan fingerprint density at radius 1 is 1.35 bits per heavy atom. The van der Waals surface area contributed by atoms with Crippen molar-refractivity contribution in [3.05, 3.63) is 32.6 Å². The Bertz CT molecular complexity index is 521. The maximum Gasteiger partial charge on any atom is 0.328 e. The summed E-state index contributed by atoms with van der Waals surface area (Å²) in [6.45, 7) is 6.59. The van der Waals surface area contributed by atoms with Gasteiger partial charge in [0.1, 0.15) is 0 Å². The van der Waals surface area contributed by atoms with Gasteiger partial charge in [-0.15, -0.1) is 0 Å². The van der Waals surface area contributed by atoms with Crippen LogP contribution in [0.3, 0.4) is 0 Å². The van der Waals surface area contributed by atoms with Crippen LogP contribution in [0.15, 0.2) is 15.8 Å². The molecule has 1 rings (SSSR count). The van der Waals surface area contributed by atoms with Crippen LogP contribution in [0.2, 0.25) is 0 Å². The fourth-order valence-corrected chi connectivity index (χ4v) is 1.93. The minimum Gasteiger partial charge on any atom is -0.396 e. The van der Waals surface area contributed by atoms with Gasteiger partial charge < -0.3 is 9.84 Å². The molecule has 0 fully saturated rings. The summed E-state index contributed by atoms with van der Waals surface area (Å²) < 4.78 is 6.75. The van der Waals surface area contributed by atoms with E-state index in [2.05, 4.69) is 4.98 Å². The van der Waals surface area contributed by atoms with Crippen molar-refractivity contribution in [1.29, 1.82) is 0 Å². The second kappa shape index (κ2) is 8.01. The van der Waals surface area contributed by atoms with E-state index in [0.717, 1.165) is 12.8 Å². The zero-order valence-electron chi connectivity index (χ0n) is 12.4. The number of aliphatic hydroxyl groups excluding tert-OH is 1. The summed E-state index contributed by atoms with van der Waals surface area (Å²) in [6, 6.07) is -0.0336. The predicted molar refractivity (Wildman–Crippen MR) is 76.8 cm³/mol. The Morgan fingerprint density at radius 3 is 2.65 bits per heavy atom. The van der Waals surface area contributed by atoms with E-state index >= 15 is 0 Å². The normalized spacial score (nSPS) is 14.2. The molecule has 1 aromatic rings. The van der Waals surface area contributed by atoms with Crippen LogP contribution in [-0.4, -0.2) is 27.9 Å². The summed E-state index contributed by atoms with van der Waals surface area (Å²) in [5.74, 6) is 0.207. The third-order valence-electron chi connectivity index (χ3n) is 3.37. The quantitative estimate of drug-likeness (QED) is 0.747. The lowest BCUT2D eigenvalue weighted by atomic mass is 10.0. The first-order valence-electron chi connectivity index (χ1n) is 7.02. The van der Waals surface area contributed by atoms with Crippen LogP contribution in [0.4, 0.5) is 0 Å². The summed E-state index contributed by atoms with van der Waals surface area (Å²) in [4.78, 5) is 25.8. The molecule has 20 heavy (non-hydrogen) atoms. The number of H-pyrrole nitrogens is 1. The Hall–Kier alpha value is -1.40. The van der Waals surface area contributed by atoms with E-state index < -0.39 is 11.2 Å². The van der Waals surface area contributed by atoms with Crippen LogP contribution in [0.25, 0.3) is 0 Å². The zero-order valence-corrected chi connectivity index (χ0v) is 12.4. The lowest BCUT2D eigenvalue weighted by molar-refractivity contribution is 0.132. The minimum absolute atomic E-state index is 0.0336. The van der Waals surface area contributed by atoms with Gasteiger partial charge in [0.05, 0.1) is 12.2 Å². The largest absolute Gasteiger partial charge is 0.396 e. The van der Waals surface area contributed by atoms with Crippen LogP contribution in [0, 0.1) is 5.92 Å². The van der Waals surface area contributed by atoms with Crippen molar-refractivity contribution >= 4 is 0 Å². The molecule has 2 N–H and O–H groups in total. The van der Waals surface area contributed by atoms with Crippen molar-refractivity contribution in [2.24, 2.45) is 5.92 Å². The summed E-state index contributed by atoms with van der Waals surface area (Å²) >= 11 is 0. The van der Waals surface area contributed by atoms with Gasteiger partial charge in [0.15, 0.2) is 0 Å². The third kappa shape index (κ3) is 4.61. The van der Waals surface area contributed by atoms with Crippen molar-refractivity contribution in [2.45, 2.75) is 46.3 Å². The molecular weight excluding hydrogens is 260 g/mol. The highest BCUT2D eigenvalue weighted by atomic mass is 16.5. The highest BCUT2D eigenvalue weighted by molar-refractivity contribution is 5.03. The van der Waals surface area contributed by atoms with Crippen LogP contribution < -0.4 is 11.2 Å². The fourth-order valence-electron chi connectivity index (χ4n) is 1.93. The highest BCUT2D eigenvalue weighted by Crippen LogP contribution is 2.15. The Balaban J connectivity index is 2.87. The predicted octanol–water partition coefficient (Wildman–Crippen LogP) is 1.04. The van der Waals surface area contributed by atoms with Crippen LogP contribution >= 0.6 is 0 Å². The zero-order chi connectivity index (χ0) is 15.1. The van der Waals surface area contributed by atoms with Crippen molar-refractivity contribution in [1.82, 2.24) is 9.55 Å². The van der Waals surface area contributed by atoms with Gasteiger partial charge in [0.25, 0.3) is 5.56 Å². The monoisotopic (exact) mass is 284 g/mol. The molecule has 6 heteroatoms. The molecule has 0 aliphatic heterocycles. The van der Waals surface area contributed by atoms with Gasteiger partial charge in [-0.25, -0.2) is 4.79 Å². The van der Waals surface area contributed by atoms with Gasteiger partial charge in [-0.2, -0.15) is 0 Å². The van der Waals surface area contributed by atoms with Crippen LogP contribution in [0.1, 0.15) is 45.2 Å².